The molecule has 2 N–H and O–H groups in total. The van der Waals surface area contributed by atoms with Crippen LogP contribution in [0.4, 0.5) is 4.79 Å². The van der Waals surface area contributed by atoms with Crippen LogP contribution in [0.1, 0.15) is 48.7 Å². The van der Waals surface area contributed by atoms with Crippen molar-refractivity contribution in [1.82, 2.24) is 25.0 Å². The van der Waals surface area contributed by atoms with Gasteiger partial charge in [-0.2, -0.15) is 5.10 Å². The first-order valence-electron chi connectivity index (χ1n) is 12.1. The summed E-state index contributed by atoms with van der Waals surface area (Å²) in [7, 11) is 0. The Morgan fingerprint density at radius 3 is 2.43 bits per heavy atom. The lowest BCUT2D eigenvalue weighted by Gasteiger charge is -2.20. The highest BCUT2D eigenvalue weighted by Crippen LogP contribution is 2.17. The zero-order valence-electron chi connectivity index (χ0n) is 21.9. The molecule has 2 heterocycles. The van der Waals surface area contributed by atoms with Crippen molar-refractivity contribution in [1.29, 1.82) is 0 Å². The lowest BCUT2D eigenvalue weighted by atomic mass is 10.1. The second-order valence-corrected chi connectivity index (χ2v) is 10.3. The van der Waals surface area contributed by atoms with Crippen molar-refractivity contribution in [3.63, 3.8) is 0 Å². The van der Waals surface area contributed by atoms with E-state index in [9.17, 15) is 14.4 Å². The van der Waals surface area contributed by atoms with E-state index in [1.165, 1.54) is 0 Å². The average molecular weight is 528 g/mol. The number of aryl methyl sites for hydroxylation is 4. The quantitative estimate of drug-likeness (QED) is 0.439. The first kappa shape index (κ1) is 28.0. The fraction of sp³-hybridized carbons (Fsp3) is 0.407. The second kappa shape index (κ2) is 12.1. The van der Waals surface area contributed by atoms with Crippen LogP contribution >= 0.6 is 11.6 Å². The maximum absolute atomic E-state index is 13.1. The predicted molar refractivity (Wildman–Crippen MR) is 142 cm³/mol. The number of aromatic nitrogens is 3. The number of alkyl carbamates (subject to hydrolysis) is 1. The highest BCUT2D eigenvalue weighted by atomic mass is 35.5. The van der Waals surface area contributed by atoms with E-state index < -0.39 is 11.7 Å². The van der Waals surface area contributed by atoms with Crippen molar-refractivity contribution in [2.24, 2.45) is 0 Å². The summed E-state index contributed by atoms with van der Waals surface area (Å²) in [4.78, 5) is 37.9. The molecule has 3 aromatic rings. The molecule has 0 radical (unpaired) electrons. The summed E-state index contributed by atoms with van der Waals surface area (Å²) in [5.74, 6) is -0.285. The van der Waals surface area contributed by atoms with E-state index in [2.05, 4.69) is 15.7 Å². The second-order valence-electron chi connectivity index (χ2n) is 9.89. The topological polar surface area (TPSA) is 107 Å². The molecule has 3 rings (SSSR count). The Labute approximate surface area is 221 Å². The van der Waals surface area contributed by atoms with Crippen LogP contribution in [0.3, 0.4) is 0 Å². The highest BCUT2D eigenvalue weighted by molar-refractivity contribution is 6.30. The molecule has 0 aliphatic carbocycles. The largest absolute Gasteiger partial charge is 0.444 e. The minimum absolute atomic E-state index is 0.0433. The van der Waals surface area contributed by atoms with Crippen molar-refractivity contribution in [2.45, 2.75) is 72.8 Å². The molecule has 10 heteroatoms. The third kappa shape index (κ3) is 8.21. The zero-order valence-corrected chi connectivity index (χ0v) is 22.7. The standard InChI is InChI=1S/C27H34ClN5O4/c1-18-9-11-32(12-13-33-19(2)8-10-31-33)25(35)23(18)15-24(34)29-17-21-14-22(28)7-6-20(21)16-30-26(36)37-27(3,4)5/h6-11,14H,12-13,15-17H2,1-5H3,(H,29,34)(H,30,36). The van der Waals surface area contributed by atoms with Crippen LogP contribution in [0.5, 0.6) is 0 Å². The number of pyridine rings is 1. The highest BCUT2D eigenvalue weighted by Gasteiger charge is 2.17. The van der Waals surface area contributed by atoms with Gasteiger partial charge in [0.2, 0.25) is 5.91 Å². The molecule has 198 valence electrons. The summed E-state index contributed by atoms with van der Waals surface area (Å²) in [6.07, 6.45) is 2.89. The monoisotopic (exact) mass is 527 g/mol. The normalized spacial score (nSPS) is 11.3. The molecule has 0 bridgehead atoms. The van der Waals surface area contributed by atoms with Gasteiger partial charge in [0, 0.05) is 48.3 Å². The van der Waals surface area contributed by atoms with Crippen molar-refractivity contribution >= 4 is 23.6 Å². The number of amides is 2. The van der Waals surface area contributed by atoms with Crippen molar-refractivity contribution < 1.29 is 14.3 Å². The molecule has 1 aromatic carbocycles. The van der Waals surface area contributed by atoms with Gasteiger partial charge in [0.05, 0.1) is 13.0 Å². The Morgan fingerprint density at radius 1 is 1.03 bits per heavy atom. The predicted octanol–water partition coefficient (Wildman–Crippen LogP) is 3.90. The molecule has 2 aromatic heterocycles. The van der Waals surface area contributed by atoms with Crippen LogP contribution in [-0.4, -0.2) is 31.9 Å². The van der Waals surface area contributed by atoms with Gasteiger partial charge in [-0.05, 0) is 75.6 Å². The smallest absolute Gasteiger partial charge is 0.407 e. The van der Waals surface area contributed by atoms with Gasteiger partial charge in [-0.25, -0.2) is 4.79 Å². The minimum atomic E-state index is -0.604. The number of benzene rings is 1. The third-order valence-corrected chi connectivity index (χ3v) is 6.02. The lowest BCUT2D eigenvalue weighted by Crippen LogP contribution is -2.33. The summed E-state index contributed by atoms with van der Waals surface area (Å²) in [6.45, 7) is 10.6. The Bertz CT molecular complexity index is 1320. The van der Waals surface area contributed by atoms with E-state index >= 15 is 0 Å². The molecule has 0 spiro atoms. The lowest BCUT2D eigenvalue weighted by molar-refractivity contribution is -0.120. The number of hydrogen-bond acceptors (Lipinski definition) is 5. The van der Waals surface area contributed by atoms with E-state index in [0.29, 0.717) is 23.7 Å². The fourth-order valence-corrected chi connectivity index (χ4v) is 3.96. The van der Waals surface area contributed by atoms with Crippen LogP contribution in [0.25, 0.3) is 0 Å². The summed E-state index contributed by atoms with van der Waals surface area (Å²) >= 11 is 6.17. The van der Waals surface area contributed by atoms with Crippen molar-refractivity contribution in [2.75, 3.05) is 0 Å². The Kier molecular flexibility index (Phi) is 9.15. The first-order valence-corrected chi connectivity index (χ1v) is 12.5. The van der Waals surface area contributed by atoms with Gasteiger partial charge < -0.3 is 19.9 Å². The maximum atomic E-state index is 13.1. The molecule has 0 atom stereocenters. The summed E-state index contributed by atoms with van der Waals surface area (Å²) in [6, 6.07) is 9.01. The number of halogens is 1. The van der Waals surface area contributed by atoms with Crippen LogP contribution in [0.15, 0.2) is 47.5 Å². The summed E-state index contributed by atoms with van der Waals surface area (Å²) in [5, 5.41) is 10.4. The number of carbonyl (C=O) groups excluding carboxylic acids is 2. The molecule has 9 nitrogen and oxygen atoms in total. The van der Waals surface area contributed by atoms with Gasteiger partial charge >= 0.3 is 6.09 Å². The Balaban J connectivity index is 1.64. The van der Waals surface area contributed by atoms with E-state index in [1.807, 2.05) is 30.7 Å². The summed E-state index contributed by atoms with van der Waals surface area (Å²) in [5.41, 5.74) is 2.99. The Morgan fingerprint density at radius 2 is 1.76 bits per heavy atom. The molecule has 2 amide bonds. The molecule has 0 aliphatic rings. The van der Waals surface area contributed by atoms with Gasteiger partial charge in [0.1, 0.15) is 5.60 Å². The maximum Gasteiger partial charge on any atom is 0.407 e. The van der Waals surface area contributed by atoms with Crippen molar-refractivity contribution in [3.05, 3.63) is 86.0 Å². The van der Waals surface area contributed by atoms with Gasteiger partial charge in [-0.3, -0.25) is 14.3 Å². The molecule has 0 aliphatic heterocycles. The van der Waals surface area contributed by atoms with Crippen LogP contribution in [-0.2, 0) is 42.1 Å². The van der Waals surface area contributed by atoms with E-state index in [4.69, 9.17) is 16.3 Å². The SMILES string of the molecule is Cc1ccn(CCn2nccc2C)c(=O)c1CC(=O)NCc1cc(Cl)ccc1CNC(=O)OC(C)(C)C. The number of nitrogens with one attached hydrogen (secondary N) is 2. The number of carbonyl (C=O) groups is 2. The van der Waals surface area contributed by atoms with Crippen LogP contribution < -0.4 is 16.2 Å². The number of rotatable bonds is 9. The minimum Gasteiger partial charge on any atom is -0.444 e. The van der Waals surface area contributed by atoms with Crippen molar-refractivity contribution in [3.8, 4) is 0 Å². The van der Waals surface area contributed by atoms with Gasteiger partial charge in [0.15, 0.2) is 0 Å². The number of ether oxygens (including phenoxy) is 1. The molecule has 0 unspecified atom stereocenters. The molecular weight excluding hydrogens is 494 g/mol. The van der Waals surface area contributed by atoms with E-state index in [-0.39, 0.29) is 31.0 Å². The summed E-state index contributed by atoms with van der Waals surface area (Å²) < 4.78 is 8.72. The van der Waals surface area contributed by atoms with Gasteiger partial charge in [-0.15, -0.1) is 0 Å². The third-order valence-electron chi connectivity index (χ3n) is 5.78. The number of hydrogen-bond donors (Lipinski definition) is 2. The van der Waals surface area contributed by atoms with E-state index in [0.717, 1.165) is 22.4 Å². The average Bonchev–Trinajstić information content (AvgIpc) is 3.22. The molecule has 0 fully saturated rings. The molecule has 0 saturated carbocycles. The molecule has 37 heavy (non-hydrogen) atoms. The molecule has 0 saturated heterocycles. The Hall–Kier alpha value is -3.59. The zero-order chi connectivity index (χ0) is 27.2. The molecular formula is C27H34ClN5O4. The van der Waals surface area contributed by atoms with Crippen LogP contribution in [0, 0.1) is 13.8 Å². The van der Waals surface area contributed by atoms with Gasteiger partial charge in [-0.1, -0.05) is 17.7 Å². The number of nitrogens with zero attached hydrogens (tertiary/aromatic N) is 3. The van der Waals surface area contributed by atoms with Crippen LogP contribution in [0.2, 0.25) is 5.02 Å². The fourth-order valence-electron chi connectivity index (χ4n) is 3.77. The van der Waals surface area contributed by atoms with E-state index in [1.54, 1.807) is 55.9 Å². The first-order chi connectivity index (χ1) is 17.4. The van der Waals surface area contributed by atoms with Gasteiger partial charge in [0.25, 0.3) is 5.56 Å².